The molecule has 0 bridgehead atoms. The Bertz CT molecular complexity index is 572. The molecular weight excluding hydrogens is 238 g/mol. The van der Waals surface area contributed by atoms with Gasteiger partial charge in [-0.2, -0.15) is 0 Å². The second-order valence-corrected chi connectivity index (χ2v) is 4.75. The zero-order chi connectivity index (χ0) is 13.8. The first-order valence-corrected chi connectivity index (χ1v) is 6.39. The Labute approximate surface area is 113 Å². The summed E-state index contributed by atoms with van der Waals surface area (Å²) in [7, 11) is 0. The Morgan fingerprint density at radius 3 is 2.79 bits per heavy atom. The fourth-order valence-electron chi connectivity index (χ4n) is 2.01. The Hall–Kier alpha value is -2.07. The molecule has 3 N–H and O–H groups in total. The monoisotopic (exact) mass is 257 g/mol. The van der Waals surface area contributed by atoms with Gasteiger partial charge in [0.15, 0.2) is 0 Å². The van der Waals surface area contributed by atoms with Crippen molar-refractivity contribution in [3.63, 3.8) is 0 Å². The van der Waals surface area contributed by atoms with Crippen molar-refractivity contribution in [3.8, 4) is 0 Å². The number of benzene rings is 1. The average molecular weight is 257 g/mol. The minimum absolute atomic E-state index is 0.104. The molecule has 100 valence electrons. The molecule has 4 heteroatoms. The van der Waals surface area contributed by atoms with E-state index in [9.17, 15) is 4.79 Å². The van der Waals surface area contributed by atoms with Crippen LogP contribution in [0.5, 0.6) is 0 Å². The van der Waals surface area contributed by atoms with Gasteiger partial charge in [-0.25, -0.2) is 0 Å². The molecule has 0 spiro atoms. The molecule has 19 heavy (non-hydrogen) atoms. The zero-order valence-corrected chi connectivity index (χ0v) is 11.3. The van der Waals surface area contributed by atoms with Crippen molar-refractivity contribution < 1.29 is 4.79 Å². The first-order chi connectivity index (χ1) is 9.11. The Kier molecular flexibility index (Phi) is 4.02. The van der Waals surface area contributed by atoms with Crippen molar-refractivity contribution in [3.05, 3.63) is 53.9 Å². The molecule has 0 radical (unpaired) electrons. The van der Waals surface area contributed by atoms with Crippen LogP contribution in [0.15, 0.2) is 42.6 Å². The Morgan fingerprint density at radius 2 is 2.11 bits per heavy atom. The van der Waals surface area contributed by atoms with Crippen LogP contribution in [0.1, 0.15) is 35.9 Å². The average Bonchev–Trinajstić information content (AvgIpc) is 2.88. The van der Waals surface area contributed by atoms with Gasteiger partial charge in [0, 0.05) is 24.5 Å². The van der Waals surface area contributed by atoms with E-state index >= 15 is 0 Å². The zero-order valence-electron chi connectivity index (χ0n) is 11.3. The highest BCUT2D eigenvalue weighted by molar-refractivity contribution is 6.03. The molecule has 0 aliphatic rings. The van der Waals surface area contributed by atoms with Crippen LogP contribution in [-0.2, 0) is 6.54 Å². The van der Waals surface area contributed by atoms with E-state index in [1.54, 1.807) is 0 Å². The number of nitrogens with zero attached hydrogens (tertiary/aromatic N) is 1. The third-order valence-electron chi connectivity index (χ3n) is 2.99. The summed E-state index contributed by atoms with van der Waals surface area (Å²) in [6.45, 7) is 4.56. The number of carbonyl (C=O) groups excluding carboxylic acids is 1. The van der Waals surface area contributed by atoms with E-state index in [-0.39, 0.29) is 11.9 Å². The predicted octanol–water partition coefficient (Wildman–Crippen LogP) is 2.78. The first kappa shape index (κ1) is 13.4. The number of nitrogens with one attached hydrogen (secondary N) is 1. The maximum absolute atomic E-state index is 12.2. The standard InChI is InChI=1S/C15H19N3O/c1-11(2)18-8-4-7-14(18)15(19)17-13-6-3-5-12(9-13)10-16/h3-9,11H,10,16H2,1-2H3,(H,17,19). The fourth-order valence-corrected chi connectivity index (χ4v) is 2.01. The lowest BCUT2D eigenvalue weighted by Gasteiger charge is -2.13. The highest BCUT2D eigenvalue weighted by Crippen LogP contribution is 2.15. The number of anilines is 1. The van der Waals surface area contributed by atoms with Crippen LogP contribution >= 0.6 is 0 Å². The second-order valence-electron chi connectivity index (χ2n) is 4.75. The topological polar surface area (TPSA) is 60.0 Å². The van der Waals surface area contributed by atoms with Gasteiger partial charge in [0.1, 0.15) is 5.69 Å². The smallest absolute Gasteiger partial charge is 0.272 e. The maximum Gasteiger partial charge on any atom is 0.272 e. The van der Waals surface area contributed by atoms with Crippen LogP contribution in [0.25, 0.3) is 0 Å². The normalized spacial score (nSPS) is 10.7. The lowest BCUT2D eigenvalue weighted by Crippen LogP contribution is -2.17. The van der Waals surface area contributed by atoms with Gasteiger partial charge >= 0.3 is 0 Å². The van der Waals surface area contributed by atoms with Crippen LogP contribution in [0.3, 0.4) is 0 Å². The largest absolute Gasteiger partial charge is 0.341 e. The lowest BCUT2D eigenvalue weighted by atomic mass is 10.2. The van der Waals surface area contributed by atoms with Crippen LogP contribution in [-0.4, -0.2) is 10.5 Å². The van der Waals surface area contributed by atoms with Crippen molar-refractivity contribution in [1.82, 2.24) is 4.57 Å². The lowest BCUT2D eigenvalue weighted by molar-refractivity contribution is 0.101. The summed E-state index contributed by atoms with van der Waals surface area (Å²) in [5.41, 5.74) is 8.02. The molecule has 0 atom stereocenters. The number of hydrogen-bond acceptors (Lipinski definition) is 2. The molecular formula is C15H19N3O. The minimum atomic E-state index is -0.104. The molecule has 1 aromatic carbocycles. The first-order valence-electron chi connectivity index (χ1n) is 6.39. The van der Waals surface area contributed by atoms with Gasteiger partial charge in [0.25, 0.3) is 5.91 Å². The summed E-state index contributed by atoms with van der Waals surface area (Å²) in [4.78, 5) is 12.2. The number of rotatable bonds is 4. The van der Waals surface area contributed by atoms with Crippen molar-refractivity contribution in [2.45, 2.75) is 26.4 Å². The van der Waals surface area contributed by atoms with E-state index < -0.39 is 0 Å². The predicted molar refractivity (Wildman–Crippen MR) is 77.1 cm³/mol. The number of carbonyl (C=O) groups is 1. The highest BCUT2D eigenvalue weighted by atomic mass is 16.1. The van der Waals surface area contributed by atoms with Gasteiger partial charge in [-0.3, -0.25) is 4.79 Å². The van der Waals surface area contributed by atoms with Crippen LogP contribution in [0.2, 0.25) is 0 Å². The summed E-state index contributed by atoms with van der Waals surface area (Å²) >= 11 is 0. The Morgan fingerprint density at radius 1 is 1.32 bits per heavy atom. The van der Waals surface area contributed by atoms with E-state index in [2.05, 4.69) is 5.32 Å². The Balaban J connectivity index is 2.18. The van der Waals surface area contributed by atoms with Gasteiger partial charge in [-0.15, -0.1) is 0 Å². The van der Waals surface area contributed by atoms with Crippen LogP contribution in [0.4, 0.5) is 5.69 Å². The molecule has 2 rings (SSSR count). The summed E-state index contributed by atoms with van der Waals surface area (Å²) in [6, 6.07) is 11.5. The molecule has 0 unspecified atom stereocenters. The molecule has 0 fully saturated rings. The molecule has 1 heterocycles. The van der Waals surface area contributed by atoms with E-state index in [0.717, 1.165) is 11.3 Å². The minimum Gasteiger partial charge on any atom is -0.341 e. The van der Waals surface area contributed by atoms with E-state index in [1.807, 2.05) is 61.0 Å². The SMILES string of the molecule is CC(C)n1cccc1C(=O)Nc1cccc(CN)c1. The van der Waals surface area contributed by atoms with Gasteiger partial charge in [0.05, 0.1) is 0 Å². The third-order valence-corrected chi connectivity index (χ3v) is 2.99. The van der Waals surface area contributed by atoms with Gasteiger partial charge in [-0.1, -0.05) is 12.1 Å². The number of amides is 1. The fraction of sp³-hybridized carbons (Fsp3) is 0.267. The summed E-state index contributed by atoms with van der Waals surface area (Å²) in [5, 5.41) is 2.90. The molecule has 0 aliphatic carbocycles. The number of aromatic nitrogens is 1. The van der Waals surface area contributed by atoms with E-state index in [0.29, 0.717) is 12.2 Å². The molecule has 1 amide bonds. The maximum atomic E-state index is 12.2. The molecule has 0 saturated heterocycles. The van der Waals surface area contributed by atoms with Crippen molar-refractivity contribution in [2.75, 3.05) is 5.32 Å². The van der Waals surface area contributed by atoms with Crippen molar-refractivity contribution in [2.24, 2.45) is 5.73 Å². The van der Waals surface area contributed by atoms with Crippen LogP contribution < -0.4 is 11.1 Å². The summed E-state index contributed by atoms with van der Waals surface area (Å²) in [5.74, 6) is -0.104. The van der Waals surface area contributed by atoms with E-state index in [4.69, 9.17) is 5.73 Å². The molecule has 1 aromatic heterocycles. The van der Waals surface area contributed by atoms with E-state index in [1.165, 1.54) is 0 Å². The van der Waals surface area contributed by atoms with Crippen molar-refractivity contribution in [1.29, 1.82) is 0 Å². The summed E-state index contributed by atoms with van der Waals surface area (Å²) in [6.07, 6.45) is 1.91. The number of hydrogen-bond donors (Lipinski definition) is 2. The molecule has 0 saturated carbocycles. The van der Waals surface area contributed by atoms with Crippen molar-refractivity contribution >= 4 is 11.6 Å². The third kappa shape index (κ3) is 3.03. The molecule has 4 nitrogen and oxygen atoms in total. The van der Waals surface area contributed by atoms with Crippen LogP contribution in [0, 0.1) is 0 Å². The highest BCUT2D eigenvalue weighted by Gasteiger charge is 2.12. The van der Waals surface area contributed by atoms with Gasteiger partial charge in [0.2, 0.25) is 0 Å². The summed E-state index contributed by atoms with van der Waals surface area (Å²) < 4.78 is 1.95. The second kappa shape index (κ2) is 5.71. The quantitative estimate of drug-likeness (QED) is 0.884. The van der Waals surface area contributed by atoms with Gasteiger partial charge < -0.3 is 15.6 Å². The number of nitrogens with two attached hydrogens (primary N) is 1. The van der Waals surface area contributed by atoms with Gasteiger partial charge in [-0.05, 0) is 43.7 Å². The molecule has 0 aliphatic heterocycles. The molecule has 2 aromatic rings.